The average Bonchev–Trinajstić information content (AvgIpc) is 2.46. The van der Waals surface area contributed by atoms with Crippen molar-refractivity contribution >= 4 is 17.7 Å². The van der Waals surface area contributed by atoms with E-state index in [0.717, 1.165) is 21.9 Å². The first kappa shape index (κ1) is 16.4. The Morgan fingerprint density at radius 1 is 1.27 bits per heavy atom. The maximum atomic E-state index is 12.4. The molecule has 5 heteroatoms. The number of pyridine rings is 1. The summed E-state index contributed by atoms with van der Waals surface area (Å²) in [5.74, 6) is 0.747. The van der Waals surface area contributed by atoms with Crippen molar-refractivity contribution in [3.63, 3.8) is 0 Å². The van der Waals surface area contributed by atoms with Gasteiger partial charge in [0.2, 0.25) is 0 Å². The Morgan fingerprint density at radius 2 is 2.00 bits per heavy atom. The van der Waals surface area contributed by atoms with Crippen molar-refractivity contribution < 1.29 is 4.79 Å². The summed E-state index contributed by atoms with van der Waals surface area (Å²) < 4.78 is 0. The van der Waals surface area contributed by atoms with Gasteiger partial charge in [-0.2, -0.15) is 0 Å². The quantitative estimate of drug-likeness (QED) is 0.834. The summed E-state index contributed by atoms with van der Waals surface area (Å²) in [7, 11) is 0. The summed E-state index contributed by atoms with van der Waals surface area (Å²) >= 11 is 1.63. The van der Waals surface area contributed by atoms with Gasteiger partial charge in [0.1, 0.15) is 0 Å². The van der Waals surface area contributed by atoms with Crippen LogP contribution in [0.15, 0.2) is 40.0 Å². The van der Waals surface area contributed by atoms with E-state index in [1.165, 1.54) is 0 Å². The van der Waals surface area contributed by atoms with Crippen LogP contribution in [-0.4, -0.2) is 16.6 Å². The molecular formula is C17H20N2O2S. The highest BCUT2D eigenvalue weighted by molar-refractivity contribution is 7.99. The molecule has 0 radical (unpaired) electrons. The monoisotopic (exact) mass is 316 g/mol. The second kappa shape index (κ2) is 7.31. The molecule has 0 saturated carbocycles. The minimum absolute atomic E-state index is 0.144. The first-order chi connectivity index (χ1) is 10.5. The van der Waals surface area contributed by atoms with Crippen molar-refractivity contribution in [1.82, 2.24) is 10.3 Å². The van der Waals surface area contributed by atoms with E-state index in [1.54, 1.807) is 17.8 Å². The molecule has 0 fully saturated rings. The van der Waals surface area contributed by atoms with Crippen molar-refractivity contribution in [1.29, 1.82) is 0 Å². The fourth-order valence-corrected chi connectivity index (χ4v) is 3.10. The number of H-pyrrole nitrogens is 1. The lowest BCUT2D eigenvalue weighted by atomic mass is 10.1. The number of hydrogen-bond donors (Lipinski definition) is 2. The lowest BCUT2D eigenvalue weighted by Gasteiger charge is -2.10. The van der Waals surface area contributed by atoms with Gasteiger partial charge in [-0.3, -0.25) is 9.59 Å². The number of rotatable bonds is 5. The SMILES string of the molecule is CCSc1ccccc1C(=O)NCc1c(C)cc(C)[nH]c1=O. The molecule has 4 nitrogen and oxygen atoms in total. The predicted molar refractivity (Wildman–Crippen MR) is 90.5 cm³/mol. The number of carbonyl (C=O) groups is 1. The second-order valence-corrected chi connectivity index (χ2v) is 6.36. The number of aromatic nitrogens is 1. The zero-order valence-electron chi connectivity index (χ0n) is 13.0. The van der Waals surface area contributed by atoms with E-state index in [2.05, 4.69) is 17.2 Å². The third kappa shape index (κ3) is 3.80. The Hall–Kier alpha value is -2.01. The van der Waals surface area contributed by atoms with Crippen molar-refractivity contribution in [2.75, 3.05) is 5.75 Å². The number of nitrogens with one attached hydrogen (secondary N) is 2. The first-order valence-electron chi connectivity index (χ1n) is 7.22. The number of aromatic amines is 1. The second-order valence-electron chi connectivity index (χ2n) is 5.05. The van der Waals surface area contributed by atoms with Crippen LogP contribution in [0.1, 0.15) is 34.1 Å². The third-order valence-corrected chi connectivity index (χ3v) is 4.31. The summed E-state index contributed by atoms with van der Waals surface area (Å²) in [4.78, 5) is 28.1. The zero-order valence-corrected chi connectivity index (χ0v) is 13.8. The van der Waals surface area contributed by atoms with Crippen molar-refractivity contribution in [2.24, 2.45) is 0 Å². The van der Waals surface area contributed by atoms with Crippen LogP contribution in [0.4, 0.5) is 0 Å². The van der Waals surface area contributed by atoms with E-state index in [9.17, 15) is 9.59 Å². The first-order valence-corrected chi connectivity index (χ1v) is 8.21. The topological polar surface area (TPSA) is 62.0 Å². The summed E-state index contributed by atoms with van der Waals surface area (Å²) in [6.45, 7) is 6.00. The highest BCUT2D eigenvalue weighted by Crippen LogP contribution is 2.22. The summed E-state index contributed by atoms with van der Waals surface area (Å²) in [6.07, 6.45) is 0. The molecule has 0 saturated heterocycles. The van der Waals surface area contributed by atoms with Crippen molar-refractivity contribution in [3.05, 3.63) is 63.1 Å². The van der Waals surface area contributed by atoms with Gasteiger partial charge >= 0.3 is 0 Å². The molecule has 1 aromatic heterocycles. The van der Waals surface area contributed by atoms with Crippen LogP contribution in [0.3, 0.4) is 0 Å². The molecule has 1 aromatic carbocycles. The molecule has 0 unspecified atom stereocenters. The Balaban J connectivity index is 2.16. The van der Waals surface area contributed by atoms with Gasteiger partial charge in [0.25, 0.3) is 11.5 Å². The largest absolute Gasteiger partial charge is 0.348 e. The van der Waals surface area contributed by atoms with Crippen molar-refractivity contribution in [3.8, 4) is 0 Å². The number of carbonyl (C=O) groups excluding carboxylic acids is 1. The Morgan fingerprint density at radius 3 is 2.68 bits per heavy atom. The molecule has 0 aliphatic heterocycles. The van der Waals surface area contributed by atoms with Crippen LogP contribution in [0.2, 0.25) is 0 Å². The van der Waals surface area contributed by atoms with E-state index >= 15 is 0 Å². The highest BCUT2D eigenvalue weighted by Gasteiger charge is 2.12. The fraction of sp³-hybridized carbons (Fsp3) is 0.294. The van der Waals surface area contributed by atoms with Crippen LogP contribution in [0, 0.1) is 13.8 Å². The number of benzene rings is 1. The van der Waals surface area contributed by atoms with Gasteiger partial charge in [-0.1, -0.05) is 19.1 Å². The molecule has 2 aromatic rings. The summed E-state index contributed by atoms with van der Waals surface area (Å²) in [6, 6.07) is 9.42. The Bertz CT molecular complexity index is 738. The van der Waals surface area contributed by atoms with Gasteiger partial charge in [0.05, 0.1) is 5.56 Å². The average molecular weight is 316 g/mol. The van der Waals surface area contributed by atoms with E-state index in [-0.39, 0.29) is 18.0 Å². The number of thioether (sulfide) groups is 1. The maximum absolute atomic E-state index is 12.4. The molecule has 0 aliphatic rings. The Kier molecular flexibility index (Phi) is 5.44. The van der Waals surface area contributed by atoms with E-state index in [0.29, 0.717) is 11.1 Å². The van der Waals surface area contributed by atoms with Gasteiger partial charge in [-0.25, -0.2) is 0 Å². The van der Waals surface area contributed by atoms with Crippen LogP contribution in [0.5, 0.6) is 0 Å². The van der Waals surface area contributed by atoms with Crippen molar-refractivity contribution in [2.45, 2.75) is 32.2 Å². The molecule has 1 heterocycles. The van der Waals surface area contributed by atoms with Gasteiger partial charge in [0.15, 0.2) is 0 Å². The van der Waals surface area contributed by atoms with Crippen LogP contribution >= 0.6 is 11.8 Å². The van der Waals surface area contributed by atoms with E-state index in [4.69, 9.17) is 0 Å². The predicted octanol–water partition coefficient (Wildman–Crippen LogP) is 3.03. The van der Waals surface area contributed by atoms with Gasteiger partial charge < -0.3 is 10.3 Å². The molecule has 0 atom stereocenters. The molecule has 0 aliphatic carbocycles. The fourth-order valence-electron chi connectivity index (χ4n) is 2.30. The standard InChI is InChI=1S/C17H20N2O2S/c1-4-22-15-8-6-5-7-13(15)16(20)18-10-14-11(2)9-12(3)19-17(14)21/h5-9H,4,10H2,1-3H3,(H,18,20)(H,19,21). The van der Waals surface area contributed by atoms with Gasteiger partial charge in [-0.15, -0.1) is 11.8 Å². The molecular weight excluding hydrogens is 296 g/mol. The highest BCUT2D eigenvalue weighted by atomic mass is 32.2. The molecule has 2 N–H and O–H groups in total. The summed E-state index contributed by atoms with van der Waals surface area (Å²) in [5.41, 5.74) is 2.81. The molecule has 2 rings (SSSR count). The van der Waals surface area contributed by atoms with E-state index in [1.807, 2.05) is 38.1 Å². The number of amides is 1. The minimum atomic E-state index is -0.157. The third-order valence-electron chi connectivity index (χ3n) is 3.35. The minimum Gasteiger partial charge on any atom is -0.348 e. The van der Waals surface area contributed by atoms with Crippen LogP contribution in [-0.2, 0) is 6.54 Å². The number of hydrogen-bond acceptors (Lipinski definition) is 3. The summed E-state index contributed by atoms with van der Waals surface area (Å²) in [5, 5.41) is 2.84. The van der Waals surface area contributed by atoms with Crippen LogP contribution < -0.4 is 10.9 Å². The normalized spacial score (nSPS) is 10.5. The lowest BCUT2D eigenvalue weighted by molar-refractivity contribution is 0.0948. The smallest absolute Gasteiger partial charge is 0.253 e. The Labute approximate surface area is 134 Å². The zero-order chi connectivity index (χ0) is 16.1. The van der Waals surface area contributed by atoms with Gasteiger partial charge in [0, 0.05) is 22.7 Å². The van der Waals surface area contributed by atoms with Crippen LogP contribution in [0.25, 0.3) is 0 Å². The van der Waals surface area contributed by atoms with Gasteiger partial charge in [-0.05, 0) is 43.4 Å². The number of aryl methyl sites for hydroxylation is 2. The molecule has 22 heavy (non-hydrogen) atoms. The maximum Gasteiger partial charge on any atom is 0.253 e. The molecule has 116 valence electrons. The molecule has 1 amide bonds. The lowest BCUT2D eigenvalue weighted by Crippen LogP contribution is -2.28. The molecule has 0 spiro atoms. The van der Waals surface area contributed by atoms with E-state index < -0.39 is 0 Å². The molecule has 0 bridgehead atoms.